The molecule has 0 atom stereocenters. The number of aromatic hydroxyl groups is 2. The minimum atomic E-state index is -0.308. The highest BCUT2D eigenvalue weighted by molar-refractivity contribution is 7.22. The number of rotatable bonds is 7. The van der Waals surface area contributed by atoms with Gasteiger partial charge in [-0.05, 0) is 98.2 Å². The van der Waals surface area contributed by atoms with Gasteiger partial charge in [-0.1, -0.05) is 6.42 Å². The van der Waals surface area contributed by atoms with Crippen molar-refractivity contribution in [2.45, 2.75) is 19.3 Å². The SMILES string of the molecule is [3H]c1cc(C(=O)c2c(-c3ccc(O)cc3)sc3cc(O)ccc23)cc([3H])c1OCCN1CCCCC1. The first kappa shape index (κ1) is 20.1. The van der Waals surface area contributed by atoms with E-state index in [1.807, 2.05) is 0 Å². The zero-order valence-corrected chi connectivity index (χ0v) is 19.5. The number of hydrogen-bond acceptors (Lipinski definition) is 6. The summed E-state index contributed by atoms with van der Waals surface area (Å²) in [5.41, 5.74) is 1.44. The van der Waals surface area contributed by atoms with E-state index in [1.54, 1.807) is 36.4 Å². The van der Waals surface area contributed by atoms with Crippen molar-refractivity contribution >= 4 is 27.2 Å². The lowest BCUT2D eigenvalue weighted by atomic mass is 9.97. The van der Waals surface area contributed by atoms with Crippen molar-refractivity contribution in [1.29, 1.82) is 0 Å². The van der Waals surface area contributed by atoms with Crippen LogP contribution in [0.1, 0.15) is 37.9 Å². The Morgan fingerprint density at radius 2 is 1.68 bits per heavy atom. The van der Waals surface area contributed by atoms with Gasteiger partial charge in [-0.25, -0.2) is 0 Å². The largest absolute Gasteiger partial charge is 0.508 e. The van der Waals surface area contributed by atoms with E-state index in [2.05, 4.69) is 4.90 Å². The van der Waals surface area contributed by atoms with Crippen molar-refractivity contribution in [3.63, 3.8) is 0 Å². The number of ether oxygens (including phenoxy) is 1. The number of piperidine rings is 1. The summed E-state index contributed by atoms with van der Waals surface area (Å²) in [6, 6.07) is 14.4. The van der Waals surface area contributed by atoms with Gasteiger partial charge in [-0.2, -0.15) is 0 Å². The number of thiophene rings is 1. The molecule has 0 unspecified atom stereocenters. The Kier molecular flexibility index (Phi) is 5.82. The molecule has 1 fully saturated rings. The number of phenols is 2. The Balaban J connectivity index is 1.46. The molecule has 1 saturated heterocycles. The van der Waals surface area contributed by atoms with Crippen molar-refractivity contribution < 1.29 is 22.5 Å². The number of nitrogens with zero attached hydrogens (tertiary/aromatic N) is 1. The van der Waals surface area contributed by atoms with E-state index in [4.69, 9.17) is 7.48 Å². The summed E-state index contributed by atoms with van der Waals surface area (Å²) in [4.78, 5) is 16.8. The van der Waals surface area contributed by atoms with Gasteiger partial charge < -0.3 is 14.9 Å². The second kappa shape index (κ2) is 9.87. The number of carbonyl (C=O) groups excluding carboxylic acids is 1. The van der Waals surface area contributed by atoms with Gasteiger partial charge in [0, 0.05) is 32.6 Å². The van der Waals surface area contributed by atoms with Crippen molar-refractivity contribution in [3.8, 4) is 27.7 Å². The number of ketones is 1. The normalized spacial score (nSPS) is 15.2. The first-order chi connectivity index (χ1) is 17.4. The van der Waals surface area contributed by atoms with Gasteiger partial charge in [-0.3, -0.25) is 9.69 Å². The lowest BCUT2D eigenvalue weighted by Crippen LogP contribution is -2.33. The second-order valence-electron chi connectivity index (χ2n) is 8.48. The van der Waals surface area contributed by atoms with Crippen molar-refractivity contribution in [2.75, 3.05) is 26.2 Å². The van der Waals surface area contributed by atoms with Gasteiger partial charge >= 0.3 is 0 Å². The van der Waals surface area contributed by atoms with Crippen LogP contribution in [0.4, 0.5) is 0 Å². The second-order valence-corrected chi connectivity index (χ2v) is 9.53. The first-order valence-electron chi connectivity index (χ1n) is 12.5. The van der Waals surface area contributed by atoms with E-state index < -0.39 is 0 Å². The minimum absolute atomic E-state index is 0.00728. The molecule has 2 heterocycles. The van der Waals surface area contributed by atoms with Gasteiger partial charge in [0.05, 0.1) is 2.74 Å². The average Bonchev–Trinajstić information content (AvgIpc) is 3.24. The van der Waals surface area contributed by atoms with E-state index in [-0.39, 0.29) is 40.7 Å². The Morgan fingerprint density at radius 1 is 0.971 bits per heavy atom. The van der Waals surface area contributed by atoms with Crippen LogP contribution in [-0.2, 0) is 0 Å². The lowest BCUT2D eigenvalue weighted by molar-refractivity contribution is 0.104. The van der Waals surface area contributed by atoms with Crippen LogP contribution in [-0.4, -0.2) is 47.1 Å². The van der Waals surface area contributed by atoms with Crippen molar-refractivity contribution in [3.05, 3.63) is 77.8 Å². The Labute approximate surface area is 205 Å². The first-order valence-corrected chi connectivity index (χ1v) is 12.3. The number of benzene rings is 3. The summed E-state index contributed by atoms with van der Waals surface area (Å²) < 4.78 is 23.5. The van der Waals surface area contributed by atoms with Crippen molar-refractivity contribution in [1.82, 2.24) is 4.90 Å². The maximum Gasteiger partial charge on any atom is 0.195 e. The van der Waals surface area contributed by atoms with Crippen LogP contribution in [0.15, 0.2) is 66.7 Å². The van der Waals surface area contributed by atoms with Gasteiger partial charge in [0.15, 0.2) is 5.78 Å². The number of phenolic OH excluding ortho intramolecular Hbond substituents is 2. The average molecular weight is 478 g/mol. The van der Waals surface area contributed by atoms with E-state index in [0.717, 1.165) is 29.9 Å². The predicted molar refractivity (Wildman–Crippen MR) is 136 cm³/mol. The lowest BCUT2D eigenvalue weighted by Gasteiger charge is -2.26. The summed E-state index contributed by atoms with van der Waals surface area (Å²) in [5, 5.41) is 20.4. The van der Waals surface area contributed by atoms with Crippen LogP contribution < -0.4 is 4.74 Å². The fraction of sp³-hybridized carbons (Fsp3) is 0.250. The molecule has 174 valence electrons. The highest BCUT2D eigenvalue weighted by Crippen LogP contribution is 2.41. The highest BCUT2D eigenvalue weighted by Gasteiger charge is 2.22. The Morgan fingerprint density at radius 3 is 2.41 bits per heavy atom. The van der Waals surface area contributed by atoms with E-state index in [9.17, 15) is 15.0 Å². The smallest absolute Gasteiger partial charge is 0.195 e. The van der Waals surface area contributed by atoms with Crippen molar-refractivity contribution in [2.24, 2.45) is 0 Å². The van der Waals surface area contributed by atoms with Crippen LogP contribution in [0.3, 0.4) is 0 Å². The molecule has 0 aliphatic carbocycles. The van der Waals surface area contributed by atoms with Gasteiger partial charge in [0.1, 0.15) is 23.9 Å². The standard InChI is InChI=1S/C28H27NO4S/c30-21-8-4-20(5-9-21)28-26(24-13-10-22(31)18-25(24)34-28)27(32)19-6-11-23(12-7-19)33-17-16-29-14-2-1-3-15-29/h4-13,18,30-31H,1-3,14-17H2/i11T,12T. The minimum Gasteiger partial charge on any atom is -0.508 e. The number of likely N-dealkylation sites (tertiary alicyclic amines) is 1. The molecular weight excluding hydrogens is 446 g/mol. The quantitative estimate of drug-likeness (QED) is 0.316. The molecule has 0 spiro atoms. The fourth-order valence-electron chi connectivity index (χ4n) is 4.32. The highest BCUT2D eigenvalue weighted by atomic mass is 32.1. The molecule has 0 amide bonds. The zero-order valence-electron chi connectivity index (χ0n) is 20.7. The predicted octanol–water partition coefficient (Wildman–Crippen LogP) is 6.08. The summed E-state index contributed by atoms with van der Waals surface area (Å²) in [5.74, 6) is 0.103. The third-order valence-corrected chi connectivity index (χ3v) is 7.31. The van der Waals surface area contributed by atoms with E-state index in [1.165, 1.54) is 48.8 Å². The van der Waals surface area contributed by atoms with Crippen LogP contribution in [0, 0.1) is 0 Å². The molecule has 5 rings (SSSR count). The van der Waals surface area contributed by atoms with Crippen LogP contribution >= 0.6 is 11.3 Å². The molecule has 1 aliphatic rings. The fourth-order valence-corrected chi connectivity index (χ4v) is 5.55. The molecule has 0 bridgehead atoms. The van der Waals surface area contributed by atoms with Gasteiger partial charge in [-0.15, -0.1) is 11.3 Å². The number of carbonyl (C=O) groups is 1. The maximum atomic E-state index is 13.8. The third-order valence-electron chi connectivity index (χ3n) is 6.11. The van der Waals surface area contributed by atoms with E-state index >= 15 is 0 Å². The molecule has 34 heavy (non-hydrogen) atoms. The van der Waals surface area contributed by atoms with Gasteiger partial charge in [0.2, 0.25) is 0 Å². The third kappa shape index (κ3) is 4.79. The Bertz CT molecular complexity index is 1390. The summed E-state index contributed by atoms with van der Waals surface area (Å²) in [6.45, 7) is 3.25. The summed E-state index contributed by atoms with van der Waals surface area (Å²) in [6.07, 6.45) is 3.63. The molecule has 5 nitrogen and oxygen atoms in total. The van der Waals surface area contributed by atoms with Crippen LogP contribution in [0.2, 0.25) is 0 Å². The molecule has 2 N–H and O–H groups in total. The molecule has 6 heteroatoms. The topological polar surface area (TPSA) is 70.0 Å². The van der Waals surface area contributed by atoms with Gasteiger partial charge in [0.25, 0.3) is 0 Å². The monoisotopic (exact) mass is 477 g/mol. The van der Waals surface area contributed by atoms with Crippen LogP contribution in [0.5, 0.6) is 17.2 Å². The molecule has 0 radical (unpaired) electrons. The molecular formula is C28H27NO4S. The molecule has 3 aromatic carbocycles. The number of hydrogen-bond donors (Lipinski definition) is 2. The molecule has 1 aliphatic heterocycles. The number of fused-ring (bicyclic) bond motifs is 1. The summed E-state index contributed by atoms with van der Waals surface area (Å²) in [7, 11) is 0. The maximum absolute atomic E-state index is 13.8. The molecule has 4 aromatic rings. The van der Waals surface area contributed by atoms with E-state index in [0.29, 0.717) is 22.4 Å². The zero-order chi connectivity index (χ0) is 25.2. The Hall–Kier alpha value is -3.35. The molecule has 1 aromatic heterocycles. The summed E-state index contributed by atoms with van der Waals surface area (Å²) >= 11 is 1.37. The molecule has 0 saturated carbocycles. The van der Waals surface area contributed by atoms with Crippen LogP contribution in [0.25, 0.3) is 20.5 Å².